The van der Waals surface area contributed by atoms with E-state index >= 15 is 0 Å². The van der Waals surface area contributed by atoms with Crippen molar-refractivity contribution in [3.05, 3.63) is 52.8 Å². The Balaban J connectivity index is 2.03. The summed E-state index contributed by atoms with van der Waals surface area (Å²) in [6.07, 6.45) is 4.79. The summed E-state index contributed by atoms with van der Waals surface area (Å²) >= 11 is 5.81. The number of halogens is 4. The highest BCUT2D eigenvalue weighted by Gasteiger charge is 2.38. The third-order valence-corrected chi connectivity index (χ3v) is 5.03. The summed E-state index contributed by atoms with van der Waals surface area (Å²) in [5.41, 5.74) is 0.974. The van der Waals surface area contributed by atoms with Gasteiger partial charge in [-0.3, -0.25) is 4.90 Å². The van der Waals surface area contributed by atoms with Crippen LogP contribution < -0.4 is 4.72 Å². The molecule has 0 amide bonds. The molecular weight excluding hydrogens is 373 g/mol. The number of nitrogens with zero attached hydrogens (tertiary/aromatic N) is 1. The minimum Gasteiger partial charge on any atom is -0.305 e. The van der Waals surface area contributed by atoms with Gasteiger partial charge in [0.1, 0.15) is 16.8 Å². The molecule has 1 fully saturated rings. The van der Waals surface area contributed by atoms with E-state index in [4.69, 9.17) is 11.6 Å². The topological polar surface area (TPSA) is 32.3 Å². The smallest absolute Gasteiger partial charge is 0.261 e. The third-order valence-electron chi connectivity index (χ3n) is 3.74. The number of nitrogens with one attached hydrogen (secondary N) is 1. The lowest BCUT2D eigenvalue weighted by molar-refractivity contribution is 0.0115. The van der Waals surface area contributed by atoms with Crippen molar-refractivity contribution in [3.8, 4) is 0 Å². The molecular formula is C17H20ClF3N2OS. The van der Waals surface area contributed by atoms with E-state index in [1.165, 1.54) is 18.2 Å². The lowest BCUT2D eigenvalue weighted by Gasteiger charge is -2.18. The van der Waals surface area contributed by atoms with Gasteiger partial charge in [-0.15, -0.1) is 0 Å². The second kappa shape index (κ2) is 8.87. The summed E-state index contributed by atoms with van der Waals surface area (Å²) in [6, 6.07) is 4.02. The van der Waals surface area contributed by atoms with Gasteiger partial charge in [0.05, 0.1) is 18.0 Å². The van der Waals surface area contributed by atoms with Gasteiger partial charge in [0.2, 0.25) is 0 Å². The third kappa shape index (κ3) is 6.49. The van der Waals surface area contributed by atoms with Gasteiger partial charge in [-0.1, -0.05) is 29.8 Å². The summed E-state index contributed by atoms with van der Waals surface area (Å²) in [4.78, 5) is 1.60. The minimum absolute atomic E-state index is 0.181. The van der Waals surface area contributed by atoms with E-state index < -0.39 is 22.7 Å². The van der Waals surface area contributed by atoms with Gasteiger partial charge in [0.25, 0.3) is 5.92 Å². The van der Waals surface area contributed by atoms with Gasteiger partial charge in [0, 0.05) is 24.5 Å². The van der Waals surface area contributed by atoms with Gasteiger partial charge in [0.15, 0.2) is 0 Å². The number of rotatable bonds is 7. The highest BCUT2D eigenvalue weighted by atomic mass is 35.5. The standard InChI is InChI=1S/C17H20ClF3N2OS/c1-2-14(18)4-3-9-25(24)22-16-10-15(19)6-5-13(16)11-23-8-7-17(20,21)12-23/h2-6,10,22H,7-9,11-12H2,1H3/b4-3-,14-2+. The van der Waals surface area contributed by atoms with Crippen LogP contribution in [0.4, 0.5) is 18.9 Å². The van der Waals surface area contributed by atoms with Crippen LogP contribution in [0.25, 0.3) is 0 Å². The summed E-state index contributed by atoms with van der Waals surface area (Å²) in [5.74, 6) is -2.99. The maximum absolute atomic E-state index is 13.5. The molecule has 2 rings (SSSR count). The van der Waals surface area contributed by atoms with Crippen molar-refractivity contribution < 1.29 is 17.4 Å². The first kappa shape index (κ1) is 20.0. The Kier molecular flexibility index (Phi) is 7.10. The maximum Gasteiger partial charge on any atom is 0.261 e. The van der Waals surface area contributed by atoms with Crippen LogP contribution in [-0.2, 0) is 17.5 Å². The average molecular weight is 393 g/mol. The Bertz CT molecular complexity index is 694. The van der Waals surface area contributed by atoms with E-state index in [1.807, 2.05) is 0 Å². The zero-order valence-electron chi connectivity index (χ0n) is 13.8. The van der Waals surface area contributed by atoms with Crippen LogP contribution in [0.1, 0.15) is 18.9 Å². The first-order valence-corrected chi connectivity index (χ1v) is 9.51. The van der Waals surface area contributed by atoms with Crippen molar-refractivity contribution >= 4 is 28.3 Å². The largest absolute Gasteiger partial charge is 0.305 e. The lowest BCUT2D eigenvalue weighted by Crippen LogP contribution is -2.25. The molecule has 1 heterocycles. The van der Waals surface area contributed by atoms with Crippen LogP contribution in [0.2, 0.25) is 0 Å². The summed E-state index contributed by atoms with van der Waals surface area (Å²) in [6.45, 7) is 1.98. The first-order valence-electron chi connectivity index (χ1n) is 7.81. The highest BCUT2D eigenvalue weighted by Crippen LogP contribution is 2.29. The highest BCUT2D eigenvalue weighted by molar-refractivity contribution is 7.86. The fourth-order valence-corrected chi connectivity index (χ4v) is 3.35. The zero-order chi connectivity index (χ0) is 18.4. The molecule has 0 bridgehead atoms. The van der Waals surface area contributed by atoms with Gasteiger partial charge < -0.3 is 4.72 Å². The van der Waals surface area contributed by atoms with Crippen LogP contribution >= 0.6 is 11.6 Å². The predicted octanol–water partition coefficient (Wildman–Crippen LogP) is 4.44. The van der Waals surface area contributed by atoms with Crippen molar-refractivity contribution in [2.24, 2.45) is 0 Å². The van der Waals surface area contributed by atoms with Gasteiger partial charge in [-0.2, -0.15) is 0 Å². The van der Waals surface area contributed by atoms with E-state index in [2.05, 4.69) is 4.72 Å². The van der Waals surface area contributed by atoms with E-state index in [9.17, 15) is 17.4 Å². The summed E-state index contributed by atoms with van der Waals surface area (Å²) in [5, 5.41) is 0.526. The van der Waals surface area contributed by atoms with Gasteiger partial charge >= 0.3 is 0 Å². The van der Waals surface area contributed by atoms with E-state index in [-0.39, 0.29) is 31.8 Å². The molecule has 1 N–H and O–H groups in total. The minimum atomic E-state index is -2.69. The number of hydrogen-bond acceptors (Lipinski definition) is 2. The molecule has 1 unspecified atom stereocenters. The lowest BCUT2D eigenvalue weighted by atomic mass is 10.1. The monoisotopic (exact) mass is 392 g/mol. The molecule has 1 atom stereocenters. The second-order valence-corrected chi connectivity index (χ2v) is 7.47. The van der Waals surface area contributed by atoms with Crippen molar-refractivity contribution in [1.29, 1.82) is 0 Å². The second-order valence-electron chi connectivity index (χ2n) is 5.81. The molecule has 138 valence electrons. The molecule has 0 saturated carbocycles. The Morgan fingerprint density at radius 1 is 1.48 bits per heavy atom. The Hall–Kier alpha value is -1.31. The van der Waals surface area contributed by atoms with Crippen LogP contribution in [-0.4, -0.2) is 33.9 Å². The Morgan fingerprint density at radius 3 is 2.88 bits per heavy atom. The number of alkyl halides is 2. The van der Waals surface area contributed by atoms with E-state index in [0.717, 1.165) is 0 Å². The van der Waals surface area contributed by atoms with E-state index in [0.29, 0.717) is 16.3 Å². The van der Waals surface area contributed by atoms with Crippen molar-refractivity contribution in [3.63, 3.8) is 0 Å². The number of benzene rings is 1. The van der Waals surface area contributed by atoms with Crippen molar-refractivity contribution in [2.45, 2.75) is 25.8 Å². The maximum atomic E-state index is 13.5. The van der Waals surface area contributed by atoms with Crippen LogP contribution in [0.15, 0.2) is 41.5 Å². The molecule has 0 radical (unpaired) electrons. The molecule has 1 saturated heterocycles. The molecule has 1 aromatic rings. The Labute approximate surface area is 153 Å². The fourth-order valence-electron chi connectivity index (χ4n) is 2.47. The van der Waals surface area contributed by atoms with Crippen molar-refractivity contribution in [2.75, 3.05) is 23.6 Å². The number of hydrogen-bond donors (Lipinski definition) is 1. The Morgan fingerprint density at radius 2 is 2.24 bits per heavy atom. The van der Waals surface area contributed by atoms with E-state index in [1.54, 1.807) is 30.1 Å². The number of allylic oxidation sites excluding steroid dienone is 3. The van der Waals surface area contributed by atoms with Crippen molar-refractivity contribution in [1.82, 2.24) is 4.90 Å². The molecule has 25 heavy (non-hydrogen) atoms. The van der Waals surface area contributed by atoms with Crippen LogP contribution in [0.5, 0.6) is 0 Å². The van der Waals surface area contributed by atoms with Crippen LogP contribution in [0.3, 0.4) is 0 Å². The zero-order valence-corrected chi connectivity index (χ0v) is 15.3. The number of anilines is 1. The molecule has 0 aromatic heterocycles. The quantitative estimate of drug-likeness (QED) is 0.696. The summed E-state index contributed by atoms with van der Waals surface area (Å²) in [7, 11) is -1.48. The van der Waals surface area contributed by atoms with Gasteiger partial charge in [-0.05, 0) is 30.7 Å². The molecule has 0 aliphatic carbocycles. The van der Waals surface area contributed by atoms with Crippen LogP contribution in [0, 0.1) is 5.82 Å². The first-order chi connectivity index (χ1) is 11.8. The molecule has 1 aliphatic heterocycles. The molecule has 3 nitrogen and oxygen atoms in total. The normalized spacial score (nSPS) is 19.5. The molecule has 8 heteroatoms. The van der Waals surface area contributed by atoms with Gasteiger partial charge in [-0.25, -0.2) is 17.4 Å². The SMILES string of the molecule is C/C=C(Cl)\C=C/CS(=O)Nc1cc(F)ccc1CN1CCC(F)(F)C1. The summed E-state index contributed by atoms with van der Waals surface area (Å²) < 4.78 is 55.0. The molecule has 1 aromatic carbocycles. The number of likely N-dealkylation sites (tertiary alicyclic amines) is 1. The fraction of sp³-hybridized carbons (Fsp3) is 0.412. The molecule has 0 spiro atoms. The average Bonchev–Trinajstić information content (AvgIpc) is 2.88. The predicted molar refractivity (Wildman–Crippen MR) is 96.6 cm³/mol. The molecule has 1 aliphatic rings.